The van der Waals surface area contributed by atoms with E-state index in [-0.39, 0.29) is 25.1 Å². The molecular weight excluding hydrogens is 271 g/mol. The second kappa shape index (κ2) is 4.48. The number of Topliss-reactive ketones (excluding diaryl/α,β-unsaturated/α-hetero) is 1. The Labute approximate surface area is 114 Å². The van der Waals surface area contributed by atoms with Gasteiger partial charge in [0.2, 0.25) is 0 Å². The Balaban J connectivity index is 2.06. The van der Waals surface area contributed by atoms with E-state index in [1.807, 2.05) is 0 Å². The zero-order chi connectivity index (χ0) is 14.4. The van der Waals surface area contributed by atoms with E-state index in [9.17, 15) is 18.0 Å². The van der Waals surface area contributed by atoms with Gasteiger partial charge in [-0.1, -0.05) is 12.1 Å². The van der Waals surface area contributed by atoms with E-state index in [1.54, 1.807) is 12.1 Å². The van der Waals surface area contributed by atoms with Gasteiger partial charge in [-0.25, -0.2) is 0 Å². The number of rotatable bonds is 2. The van der Waals surface area contributed by atoms with Gasteiger partial charge in [0.15, 0.2) is 5.78 Å². The third kappa shape index (κ3) is 1.82. The van der Waals surface area contributed by atoms with Crippen molar-refractivity contribution in [2.45, 2.75) is 19.0 Å². The number of ketones is 1. The van der Waals surface area contributed by atoms with Gasteiger partial charge in [0.1, 0.15) is 11.2 Å². The SMILES string of the molecule is O=C(c1cccc2c1OCC2)C1(C(F)(F)F)CCNC1. The minimum atomic E-state index is -4.56. The number of para-hydroxylation sites is 1. The molecule has 1 atom stereocenters. The van der Waals surface area contributed by atoms with Crippen LogP contribution in [0.3, 0.4) is 0 Å². The molecule has 2 heterocycles. The van der Waals surface area contributed by atoms with E-state index < -0.39 is 17.4 Å². The van der Waals surface area contributed by atoms with Crippen molar-refractivity contribution in [3.05, 3.63) is 29.3 Å². The molecule has 1 fully saturated rings. The highest BCUT2D eigenvalue weighted by atomic mass is 19.4. The van der Waals surface area contributed by atoms with Crippen LogP contribution in [0, 0.1) is 5.41 Å². The molecule has 1 unspecified atom stereocenters. The Morgan fingerprint density at radius 2 is 2.15 bits per heavy atom. The monoisotopic (exact) mass is 285 g/mol. The van der Waals surface area contributed by atoms with Gasteiger partial charge >= 0.3 is 6.18 Å². The molecule has 0 aromatic heterocycles. The van der Waals surface area contributed by atoms with E-state index in [2.05, 4.69) is 5.32 Å². The highest BCUT2D eigenvalue weighted by Crippen LogP contribution is 2.47. The highest BCUT2D eigenvalue weighted by molar-refractivity contribution is 6.04. The van der Waals surface area contributed by atoms with E-state index >= 15 is 0 Å². The first kappa shape index (κ1) is 13.4. The number of alkyl halides is 3. The first-order valence-corrected chi connectivity index (χ1v) is 6.53. The summed E-state index contributed by atoms with van der Waals surface area (Å²) in [5.41, 5.74) is -1.46. The number of ether oxygens (including phenoxy) is 1. The number of carbonyl (C=O) groups excluding carboxylic acids is 1. The van der Waals surface area contributed by atoms with Crippen molar-refractivity contribution in [2.24, 2.45) is 5.41 Å². The summed E-state index contributed by atoms with van der Waals surface area (Å²) < 4.78 is 45.6. The van der Waals surface area contributed by atoms with Crippen LogP contribution in [0.15, 0.2) is 18.2 Å². The molecular formula is C14H14F3NO2. The normalized spacial score (nSPS) is 25.4. The van der Waals surface area contributed by atoms with E-state index in [1.165, 1.54) is 6.07 Å². The van der Waals surface area contributed by atoms with E-state index in [4.69, 9.17) is 4.74 Å². The Morgan fingerprint density at radius 3 is 2.80 bits per heavy atom. The van der Waals surface area contributed by atoms with Crippen molar-refractivity contribution in [1.29, 1.82) is 0 Å². The maximum absolute atomic E-state index is 13.4. The van der Waals surface area contributed by atoms with Gasteiger partial charge in [-0.05, 0) is 24.6 Å². The Kier molecular flexibility index (Phi) is 3.01. The smallest absolute Gasteiger partial charge is 0.402 e. The second-order valence-corrected chi connectivity index (χ2v) is 5.23. The molecule has 20 heavy (non-hydrogen) atoms. The number of carbonyl (C=O) groups is 1. The van der Waals surface area contributed by atoms with E-state index in [0.717, 1.165) is 5.56 Å². The Hall–Kier alpha value is -1.56. The summed E-state index contributed by atoms with van der Waals surface area (Å²) in [4.78, 5) is 12.5. The topological polar surface area (TPSA) is 38.3 Å². The summed E-state index contributed by atoms with van der Waals surface area (Å²) in [6, 6.07) is 4.83. The number of halogens is 3. The van der Waals surface area contributed by atoms with Crippen LogP contribution < -0.4 is 10.1 Å². The summed E-state index contributed by atoms with van der Waals surface area (Å²) in [5, 5.41) is 2.66. The van der Waals surface area contributed by atoms with Crippen LogP contribution in [-0.2, 0) is 6.42 Å². The minimum Gasteiger partial charge on any atom is -0.492 e. The lowest BCUT2D eigenvalue weighted by Gasteiger charge is -2.29. The molecule has 2 aliphatic rings. The predicted octanol–water partition coefficient (Wildman–Crippen LogP) is 2.35. The largest absolute Gasteiger partial charge is 0.492 e. The van der Waals surface area contributed by atoms with Crippen LogP contribution in [-0.4, -0.2) is 31.7 Å². The molecule has 6 heteroatoms. The van der Waals surface area contributed by atoms with Crippen LogP contribution >= 0.6 is 0 Å². The van der Waals surface area contributed by atoms with Crippen LogP contribution in [0.25, 0.3) is 0 Å². The summed E-state index contributed by atoms with van der Waals surface area (Å²) in [5.74, 6) is -0.554. The van der Waals surface area contributed by atoms with Gasteiger partial charge in [0.05, 0.1) is 12.2 Å². The van der Waals surface area contributed by atoms with Crippen molar-refractivity contribution >= 4 is 5.78 Å². The molecule has 0 bridgehead atoms. The van der Waals surface area contributed by atoms with E-state index in [0.29, 0.717) is 18.8 Å². The lowest BCUT2D eigenvalue weighted by molar-refractivity contribution is -0.197. The standard InChI is InChI=1S/C14H14F3NO2/c15-14(16,17)13(5-6-18-8-13)12(19)10-3-1-2-9-4-7-20-11(9)10/h1-3,18H,4-8H2. The van der Waals surface area contributed by atoms with Crippen LogP contribution in [0.4, 0.5) is 13.2 Å². The fourth-order valence-corrected chi connectivity index (χ4v) is 2.91. The number of hydrogen-bond acceptors (Lipinski definition) is 3. The lowest BCUT2D eigenvalue weighted by Crippen LogP contribution is -2.46. The second-order valence-electron chi connectivity index (χ2n) is 5.23. The van der Waals surface area contributed by atoms with Crippen molar-refractivity contribution < 1.29 is 22.7 Å². The molecule has 1 saturated heterocycles. The molecule has 1 N–H and O–H groups in total. The maximum atomic E-state index is 13.4. The van der Waals surface area contributed by atoms with Crippen LogP contribution in [0.5, 0.6) is 5.75 Å². The molecule has 0 aliphatic carbocycles. The lowest BCUT2D eigenvalue weighted by atomic mass is 9.78. The fraction of sp³-hybridized carbons (Fsp3) is 0.500. The quantitative estimate of drug-likeness (QED) is 0.848. The van der Waals surface area contributed by atoms with Crippen LogP contribution in [0.1, 0.15) is 22.3 Å². The van der Waals surface area contributed by atoms with Gasteiger partial charge in [-0.3, -0.25) is 4.79 Å². The molecule has 3 rings (SSSR count). The summed E-state index contributed by atoms with van der Waals surface area (Å²) in [7, 11) is 0. The minimum absolute atomic E-state index is 0.0565. The number of fused-ring (bicyclic) bond motifs is 1. The first-order chi connectivity index (χ1) is 9.46. The number of benzene rings is 1. The summed E-state index contributed by atoms with van der Waals surface area (Å²) in [6.07, 6.45) is -4.15. The predicted molar refractivity (Wildman–Crippen MR) is 65.9 cm³/mol. The Bertz CT molecular complexity index is 548. The van der Waals surface area contributed by atoms with Gasteiger partial charge < -0.3 is 10.1 Å². The molecule has 0 radical (unpaired) electrons. The molecule has 0 spiro atoms. The number of nitrogens with one attached hydrogen (secondary N) is 1. The molecule has 1 aromatic carbocycles. The highest BCUT2D eigenvalue weighted by Gasteiger charge is 2.61. The molecule has 0 amide bonds. The van der Waals surface area contributed by atoms with Crippen LogP contribution in [0.2, 0.25) is 0 Å². The molecule has 2 aliphatic heterocycles. The van der Waals surface area contributed by atoms with Gasteiger partial charge in [-0.15, -0.1) is 0 Å². The average Bonchev–Trinajstić information content (AvgIpc) is 3.05. The average molecular weight is 285 g/mol. The van der Waals surface area contributed by atoms with Gasteiger partial charge in [0.25, 0.3) is 0 Å². The molecule has 3 nitrogen and oxygen atoms in total. The number of hydrogen-bond donors (Lipinski definition) is 1. The third-order valence-corrected chi connectivity index (χ3v) is 4.09. The zero-order valence-corrected chi connectivity index (χ0v) is 10.7. The van der Waals surface area contributed by atoms with Crippen molar-refractivity contribution in [2.75, 3.05) is 19.7 Å². The fourth-order valence-electron chi connectivity index (χ4n) is 2.91. The molecule has 0 saturated carbocycles. The molecule has 1 aromatic rings. The van der Waals surface area contributed by atoms with Crippen molar-refractivity contribution in [3.63, 3.8) is 0 Å². The van der Waals surface area contributed by atoms with Crippen molar-refractivity contribution in [3.8, 4) is 5.75 Å². The maximum Gasteiger partial charge on any atom is 0.402 e. The Morgan fingerprint density at radius 1 is 1.35 bits per heavy atom. The van der Waals surface area contributed by atoms with Gasteiger partial charge in [-0.2, -0.15) is 13.2 Å². The molecule has 108 valence electrons. The van der Waals surface area contributed by atoms with Crippen molar-refractivity contribution in [1.82, 2.24) is 5.32 Å². The first-order valence-electron chi connectivity index (χ1n) is 6.53. The summed E-state index contributed by atoms with van der Waals surface area (Å²) in [6.45, 7) is 0.247. The summed E-state index contributed by atoms with van der Waals surface area (Å²) >= 11 is 0. The zero-order valence-electron chi connectivity index (χ0n) is 10.7. The van der Waals surface area contributed by atoms with Gasteiger partial charge in [0, 0.05) is 13.0 Å². The third-order valence-electron chi connectivity index (χ3n) is 4.09.